The van der Waals surface area contributed by atoms with E-state index in [-0.39, 0.29) is 22.6 Å². The number of hydrogen-bond acceptors (Lipinski definition) is 6. The molecule has 9 heteroatoms. The minimum absolute atomic E-state index is 0.0241. The van der Waals surface area contributed by atoms with E-state index in [2.05, 4.69) is 14.9 Å². The maximum Gasteiger partial charge on any atom is 0.251 e. The van der Waals surface area contributed by atoms with E-state index in [1.807, 2.05) is 0 Å². The second kappa shape index (κ2) is 10.8. The van der Waals surface area contributed by atoms with Gasteiger partial charge in [0, 0.05) is 31.2 Å². The highest BCUT2D eigenvalue weighted by Gasteiger charge is 2.22. The van der Waals surface area contributed by atoms with E-state index < -0.39 is 10.0 Å². The zero-order valence-corrected chi connectivity index (χ0v) is 17.7. The lowest BCUT2D eigenvalue weighted by Gasteiger charge is -2.26. The molecule has 0 unspecified atom stereocenters. The minimum atomic E-state index is -3.78. The van der Waals surface area contributed by atoms with Gasteiger partial charge in [-0.05, 0) is 51.9 Å². The Morgan fingerprint density at radius 1 is 1.29 bits per heavy atom. The Labute approximate surface area is 167 Å². The molecule has 0 aliphatic carbocycles. The summed E-state index contributed by atoms with van der Waals surface area (Å²) in [6.07, 6.45) is 0.822. The number of amides is 1. The number of nitrogens with zero attached hydrogens (tertiary/aromatic N) is 1. The summed E-state index contributed by atoms with van der Waals surface area (Å²) in [7, 11) is -3.78. The third kappa shape index (κ3) is 6.73. The molecule has 2 rings (SSSR count). The van der Waals surface area contributed by atoms with Crippen molar-refractivity contribution in [3.05, 3.63) is 23.8 Å². The average Bonchev–Trinajstić information content (AvgIpc) is 2.65. The fraction of sp³-hybridized carbons (Fsp3) is 0.632. The van der Waals surface area contributed by atoms with Gasteiger partial charge in [0.05, 0.1) is 19.8 Å². The van der Waals surface area contributed by atoms with Crippen molar-refractivity contribution in [2.75, 3.05) is 46.0 Å². The Kier molecular flexibility index (Phi) is 8.68. The summed E-state index contributed by atoms with van der Waals surface area (Å²) in [4.78, 5) is 14.7. The first-order chi connectivity index (χ1) is 13.3. The highest BCUT2D eigenvalue weighted by atomic mass is 32.2. The van der Waals surface area contributed by atoms with Crippen molar-refractivity contribution in [1.82, 2.24) is 14.9 Å². The summed E-state index contributed by atoms with van der Waals surface area (Å²) in [5.41, 5.74) is 0.291. The van der Waals surface area contributed by atoms with Crippen LogP contribution in [-0.4, -0.2) is 71.3 Å². The molecule has 0 saturated carbocycles. The van der Waals surface area contributed by atoms with Crippen LogP contribution in [0.1, 0.15) is 37.6 Å². The van der Waals surface area contributed by atoms with Crippen LogP contribution in [0, 0.1) is 0 Å². The van der Waals surface area contributed by atoms with E-state index in [4.69, 9.17) is 9.47 Å². The van der Waals surface area contributed by atoms with Crippen LogP contribution >= 0.6 is 0 Å². The first-order valence-electron chi connectivity index (χ1n) is 9.71. The third-order valence-corrected chi connectivity index (χ3v) is 5.91. The molecule has 1 fully saturated rings. The molecular formula is C19H31N3O5S. The van der Waals surface area contributed by atoms with Crippen molar-refractivity contribution < 1.29 is 22.7 Å². The van der Waals surface area contributed by atoms with E-state index in [9.17, 15) is 13.2 Å². The number of rotatable bonds is 10. The first-order valence-corrected chi connectivity index (χ1v) is 11.2. The van der Waals surface area contributed by atoms with Gasteiger partial charge in [-0.15, -0.1) is 0 Å². The fourth-order valence-corrected chi connectivity index (χ4v) is 4.36. The van der Waals surface area contributed by atoms with Gasteiger partial charge in [0.1, 0.15) is 10.6 Å². The lowest BCUT2D eigenvalue weighted by Crippen LogP contribution is -2.38. The predicted octanol–water partition coefficient (Wildman–Crippen LogP) is 1.22. The van der Waals surface area contributed by atoms with Gasteiger partial charge < -0.3 is 14.8 Å². The molecule has 0 atom stereocenters. The van der Waals surface area contributed by atoms with Gasteiger partial charge in [0.25, 0.3) is 5.91 Å². The van der Waals surface area contributed by atoms with Crippen LogP contribution in [0.15, 0.2) is 23.1 Å². The minimum Gasteiger partial charge on any atom is -0.492 e. The van der Waals surface area contributed by atoms with Crippen LogP contribution in [-0.2, 0) is 14.8 Å². The Morgan fingerprint density at radius 3 is 2.64 bits per heavy atom. The zero-order valence-electron chi connectivity index (χ0n) is 16.9. The number of benzene rings is 1. The molecule has 1 aromatic rings. The second-order valence-electron chi connectivity index (χ2n) is 6.93. The topological polar surface area (TPSA) is 97.0 Å². The van der Waals surface area contributed by atoms with Crippen molar-refractivity contribution >= 4 is 15.9 Å². The van der Waals surface area contributed by atoms with E-state index in [1.54, 1.807) is 26.8 Å². The normalized spacial score (nSPS) is 15.6. The molecule has 0 bridgehead atoms. The van der Waals surface area contributed by atoms with Crippen LogP contribution in [0.2, 0.25) is 0 Å². The number of carbonyl (C=O) groups excluding carboxylic acids is 1. The van der Waals surface area contributed by atoms with Crippen LogP contribution < -0.4 is 14.8 Å². The molecule has 158 valence electrons. The molecule has 1 aromatic carbocycles. The summed E-state index contributed by atoms with van der Waals surface area (Å²) in [5, 5.41) is 2.86. The summed E-state index contributed by atoms with van der Waals surface area (Å²) >= 11 is 0. The van der Waals surface area contributed by atoms with Gasteiger partial charge in [-0.3, -0.25) is 9.69 Å². The average molecular weight is 414 g/mol. The Balaban J connectivity index is 2.01. The number of sulfonamides is 1. The maximum absolute atomic E-state index is 12.6. The molecule has 1 aliphatic heterocycles. The smallest absolute Gasteiger partial charge is 0.251 e. The highest BCUT2D eigenvalue weighted by Crippen LogP contribution is 2.25. The Bertz CT molecular complexity index is 746. The lowest BCUT2D eigenvalue weighted by molar-refractivity contribution is 0.0374. The van der Waals surface area contributed by atoms with Crippen molar-refractivity contribution in [3.63, 3.8) is 0 Å². The van der Waals surface area contributed by atoms with Crippen LogP contribution in [0.5, 0.6) is 5.75 Å². The SMILES string of the molecule is CCOc1ccc(C(=O)NCCCN2CCOCC2)cc1S(=O)(=O)NC(C)C. The van der Waals surface area contributed by atoms with Gasteiger partial charge in [-0.1, -0.05) is 0 Å². The predicted molar refractivity (Wildman–Crippen MR) is 107 cm³/mol. The monoisotopic (exact) mass is 413 g/mol. The van der Waals surface area contributed by atoms with Crippen LogP contribution in [0.25, 0.3) is 0 Å². The molecule has 28 heavy (non-hydrogen) atoms. The third-order valence-electron chi connectivity index (χ3n) is 4.23. The molecule has 8 nitrogen and oxygen atoms in total. The van der Waals surface area contributed by atoms with Crippen LogP contribution in [0.4, 0.5) is 0 Å². The number of carbonyl (C=O) groups is 1. The maximum atomic E-state index is 12.6. The number of hydrogen-bond donors (Lipinski definition) is 2. The molecule has 1 heterocycles. The van der Waals surface area contributed by atoms with Crippen molar-refractivity contribution in [2.24, 2.45) is 0 Å². The molecule has 0 radical (unpaired) electrons. The molecule has 1 amide bonds. The highest BCUT2D eigenvalue weighted by molar-refractivity contribution is 7.89. The number of ether oxygens (including phenoxy) is 2. The largest absolute Gasteiger partial charge is 0.492 e. The van der Waals surface area contributed by atoms with E-state index in [0.717, 1.165) is 39.3 Å². The van der Waals surface area contributed by atoms with Crippen LogP contribution in [0.3, 0.4) is 0 Å². The summed E-state index contributed by atoms with van der Waals surface area (Å²) in [6.45, 7) is 10.3. The van der Waals surface area contributed by atoms with Gasteiger partial charge in [0.15, 0.2) is 0 Å². The standard InChI is InChI=1S/C19H31N3O5S/c1-4-27-17-7-6-16(14-18(17)28(24,25)21-15(2)3)19(23)20-8-5-9-22-10-12-26-13-11-22/h6-7,14-15,21H,4-5,8-13H2,1-3H3,(H,20,23). The Hall–Kier alpha value is -1.68. The molecular weight excluding hydrogens is 382 g/mol. The quantitative estimate of drug-likeness (QED) is 0.560. The molecule has 1 aliphatic rings. The summed E-state index contributed by atoms with van der Waals surface area (Å²) in [5.74, 6) is -0.0643. The van der Waals surface area contributed by atoms with Gasteiger partial charge in [-0.25, -0.2) is 13.1 Å². The Morgan fingerprint density at radius 2 is 2.00 bits per heavy atom. The van der Waals surface area contributed by atoms with Crippen molar-refractivity contribution in [1.29, 1.82) is 0 Å². The van der Waals surface area contributed by atoms with E-state index >= 15 is 0 Å². The molecule has 0 spiro atoms. The molecule has 0 aromatic heterocycles. The number of nitrogens with one attached hydrogen (secondary N) is 2. The van der Waals surface area contributed by atoms with E-state index in [0.29, 0.717) is 18.7 Å². The van der Waals surface area contributed by atoms with Gasteiger partial charge in [0.2, 0.25) is 10.0 Å². The summed E-state index contributed by atoms with van der Waals surface area (Å²) < 4.78 is 38.5. The number of morpholine rings is 1. The summed E-state index contributed by atoms with van der Waals surface area (Å²) in [6, 6.07) is 4.21. The second-order valence-corrected chi connectivity index (χ2v) is 8.62. The molecule has 1 saturated heterocycles. The van der Waals surface area contributed by atoms with E-state index in [1.165, 1.54) is 12.1 Å². The van der Waals surface area contributed by atoms with Crippen molar-refractivity contribution in [2.45, 2.75) is 38.1 Å². The first kappa shape index (κ1) is 22.6. The van der Waals surface area contributed by atoms with Crippen molar-refractivity contribution in [3.8, 4) is 5.75 Å². The van der Waals surface area contributed by atoms with Gasteiger partial charge in [-0.2, -0.15) is 0 Å². The fourth-order valence-electron chi connectivity index (χ4n) is 2.94. The molecule has 2 N–H and O–H groups in total. The van der Waals surface area contributed by atoms with Gasteiger partial charge >= 0.3 is 0 Å². The lowest BCUT2D eigenvalue weighted by atomic mass is 10.2. The zero-order chi connectivity index (χ0) is 20.6.